The van der Waals surface area contributed by atoms with E-state index in [-0.39, 0.29) is 5.91 Å². The number of rotatable bonds is 7. The molecule has 0 spiro atoms. The molecule has 0 heterocycles. The molecule has 1 fully saturated rings. The first-order valence-electron chi connectivity index (χ1n) is 7.95. The van der Waals surface area contributed by atoms with Crippen LogP contribution in [0.2, 0.25) is 0 Å². The zero-order chi connectivity index (χ0) is 15.1. The Kier molecular flexibility index (Phi) is 6.05. The van der Waals surface area contributed by atoms with Gasteiger partial charge in [-0.3, -0.25) is 4.79 Å². The second kappa shape index (κ2) is 8.03. The van der Waals surface area contributed by atoms with Gasteiger partial charge in [-0.05, 0) is 44.4 Å². The SMILES string of the molecule is CCNc1cc(C)ccc1C(=O)NCCOC1CCCC1. The molecule has 4 heteroatoms. The standard InChI is InChI=1S/C17H26N2O2/c1-3-18-16-12-13(2)8-9-15(16)17(20)19-10-11-21-14-6-4-5-7-14/h8-9,12,14,18H,3-7,10-11H2,1-2H3,(H,19,20). The lowest BCUT2D eigenvalue weighted by Crippen LogP contribution is -2.29. The zero-order valence-corrected chi connectivity index (χ0v) is 13.1. The van der Waals surface area contributed by atoms with Crippen LogP contribution in [0.5, 0.6) is 0 Å². The monoisotopic (exact) mass is 290 g/mol. The number of amides is 1. The van der Waals surface area contributed by atoms with E-state index in [0.29, 0.717) is 24.8 Å². The molecule has 4 nitrogen and oxygen atoms in total. The Labute approximate surface area is 127 Å². The number of anilines is 1. The van der Waals surface area contributed by atoms with E-state index < -0.39 is 0 Å². The van der Waals surface area contributed by atoms with Crippen molar-refractivity contribution in [1.29, 1.82) is 0 Å². The summed E-state index contributed by atoms with van der Waals surface area (Å²) < 4.78 is 5.76. The minimum atomic E-state index is -0.0408. The van der Waals surface area contributed by atoms with Crippen molar-refractivity contribution < 1.29 is 9.53 Å². The summed E-state index contributed by atoms with van der Waals surface area (Å²) >= 11 is 0. The van der Waals surface area contributed by atoms with Gasteiger partial charge >= 0.3 is 0 Å². The van der Waals surface area contributed by atoms with Crippen LogP contribution in [-0.4, -0.2) is 31.7 Å². The molecule has 1 amide bonds. The van der Waals surface area contributed by atoms with Gasteiger partial charge in [-0.2, -0.15) is 0 Å². The van der Waals surface area contributed by atoms with E-state index in [2.05, 4.69) is 10.6 Å². The number of hydrogen-bond acceptors (Lipinski definition) is 3. The molecular formula is C17H26N2O2. The highest BCUT2D eigenvalue weighted by Gasteiger charge is 2.15. The average molecular weight is 290 g/mol. The van der Waals surface area contributed by atoms with Crippen molar-refractivity contribution in [3.63, 3.8) is 0 Å². The van der Waals surface area contributed by atoms with E-state index in [4.69, 9.17) is 4.74 Å². The molecule has 1 aliphatic rings. The van der Waals surface area contributed by atoms with Gasteiger partial charge in [-0.25, -0.2) is 0 Å². The highest BCUT2D eigenvalue weighted by molar-refractivity contribution is 5.99. The Bertz CT molecular complexity index is 468. The van der Waals surface area contributed by atoms with E-state index in [1.807, 2.05) is 32.0 Å². The molecule has 21 heavy (non-hydrogen) atoms. The second-order valence-corrected chi connectivity index (χ2v) is 5.61. The van der Waals surface area contributed by atoms with Crippen LogP contribution in [0.4, 0.5) is 5.69 Å². The Morgan fingerprint density at radius 1 is 1.33 bits per heavy atom. The van der Waals surface area contributed by atoms with Crippen LogP contribution in [0.25, 0.3) is 0 Å². The number of aryl methyl sites for hydroxylation is 1. The number of nitrogens with one attached hydrogen (secondary N) is 2. The van der Waals surface area contributed by atoms with Crippen LogP contribution < -0.4 is 10.6 Å². The summed E-state index contributed by atoms with van der Waals surface area (Å²) in [6.45, 7) is 6.01. The smallest absolute Gasteiger partial charge is 0.253 e. The van der Waals surface area contributed by atoms with Gasteiger partial charge in [-0.1, -0.05) is 18.9 Å². The van der Waals surface area contributed by atoms with E-state index in [9.17, 15) is 4.79 Å². The van der Waals surface area contributed by atoms with Crippen molar-refractivity contribution in [1.82, 2.24) is 5.32 Å². The lowest BCUT2D eigenvalue weighted by Gasteiger charge is -2.14. The van der Waals surface area contributed by atoms with Crippen molar-refractivity contribution in [2.75, 3.05) is 25.0 Å². The molecule has 0 unspecified atom stereocenters. The number of benzene rings is 1. The van der Waals surface area contributed by atoms with E-state index in [0.717, 1.165) is 30.6 Å². The Morgan fingerprint density at radius 3 is 2.81 bits per heavy atom. The lowest BCUT2D eigenvalue weighted by atomic mass is 10.1. The molecule has 0 radical (unpaired) electrons. The maximum Gasteiger partial charge on any atom is 0.253 e. The number of ether oxygens (including phenoxy) is 1. The van der Waals surface area contributed by atoms with Crippen LogP contribution in [0, 0.1) is 6.92 Å². The quantitative estimate of drug-likeness (QED) is 0.759. The van der Waals surface area contributed by atoms with Crippen molar-refractivity contribution in [3.8, 4) is 0 Å². The highest BCUT2D eigenvalue weighted by atomic mass is 16.5. The van der Waals surface area contributed by atoms with Crippen LogP contribution >= 0.6 is 0 Å². The normalized spacial score (nSPS) is 15.1. The summed E-state index contributed by atoms with van der Waals surface area (Å²) in [5.41, 5.74) is 2.74. The van der Waals surface area contributed by atoms with Crippen molar-refractivity contribution >= 4 is 11.6 Å². The van der Waals surface area contributed by atoms with Crippen LogP contribution in [0.3, 0.4) is 0 Å². The maximum absolute atomic E-state index is 12.2. The topological polar surface area (TPSA) is 50.4 Å². The first-order chi connectivity index (χ1) is 10.2. The van der Waals surface area contributed by atoms with Crippen molar-refractivity contribution in [3.05, 3.63) is 29.3 Å². The van der Waals surface area contributed by atoms with Crippen molar-refractivity contribution in [2.45, 2.75) is 45.6 Å². The number of hydrogen-bond donors (Lipinski definition) is 2. The summed E-state index contributed by atoms with van der Waals surface area (Å²) in [6, 6.07) is 5.85. The molecule has 1 saturated carbocycles. The van der Waals surface area contributed by atoms with E-state index in [1.54, 1.807) is 0 Å². The van der Waals surface area contributed by atoms with Gasteiger partial charge in [0, 0.05) is 18.8 Å². The molecule has 1 aromatic rings. The number of carbonyl (C=O) groups excluding carboxylic acids is 1. The Hall–Kier alpha value is -1.55. The zero-order valence-electron chi connectivity index (χ0n) is 13.1. The first kappa shape index (κ1) is 15.8. The Morgan fingerprint density at radius 2 is 2.10 bits per heavy atom. The van der Waals surface area contributed by atoms with E-state index >= 15 is 0 Å². The summed E-state index contributed by atoms with van der Waals surface area (Å²) in [6.07, 6.45) is 5.27. The molecule has 0 aliphatic heterocycles. The fraction of sp³-hybridized carbons (Fsp3) is 0.588. The summed E-state index contributed by atoms with van der Waals surface area (Å²) in [4.78, 5) is 12.2. The van der Waals surface area contributed by atoms with Gasteiger partial charge in [0.25, 0.3) is 5.91 Å². The molecule has 1 aliphatic carbocycles. The van der Waals surface area contributed by atoms with Crippen LogP contribution in [0.15, 0.2) is 18.2 Å². The third-order valence-electron chi connectivity index (χ3n) is 3.83. The fourth-order valence-electron chi connectivity index (χ4n) is 2.73. The maximum atomic E-state index is 12.2. The number of carbonyl (C=O) groups is 1. The molecule has 0 saturated heterocycles. The third kappa shape index (κ3) is 4.74. The van der Waals surface area contributed by atoms with Crippen LogP contribution in [-0.2, 0) is 4.74 Å². The lowest BCUT2D eigenvalue weighted by molar-refractivity contribution is 0.0582. The predicted molar refractivity (Wildman–Crippen MR) is 85.9 cm³/mol. The molecule has 116 valence electrons. The third-order valence-corrected chi connectivity index (χ3v) is 3.83. The molecular weight excluding hydrogens is 264 g/mol. The van der Waals surface area contributed by atoms with Gasteiger partial charge in [0.05, 0.1) is 18.3 Å². The highest BCUT2D eigenvalue weighted by Crippen LogP contribution is 2.20. The molecule has 2 N–H and O–H groups in total. The first-order valence-corrected chi connectivity index (χ1v) is 7.95. The van der Waals surface area contributed by atoms with Gasteiger partial charge in [0.15, 0.2) is 0 Å². The molecule has 2 rings (SSSR count). The minimum absolute atomic E-state index is 0.0408. The van der Waals surface area contributed by atoms with Gasteiger partial charge < -0.3 is 15.4 Å². The van der Waals surface area contributed by atoms with Gasteiger partial charge in [0.1, 0.15) is 0 Å². The average Bonchev–Trinajstić information content (AvgIpc) is 2.97. The van der Waals surface area contributed by atoms with E-state index in [1.165, 1.54) is 12.8 Å². The predicted octanol–water partition coefficient (Wildman–Crippen LogP) is 3.12. The molecule has 0 aromatic heterocycles. The van der Waals surface area contributed by atoms with Crippen LogP contribution in [0.1, 0.15) is 48.5 Å². The fourth-order valence-corrected chi connectivity index (χ4v) is 2.73. The summed E-state index contributed by atoms with van der Waals surface area (Å²) in [5, 5.41) is 6.18. The van der Waals surface area contributed by atoms with Gasteiger partial charge in [-0.15, -0.1) is 0 Å². The molecule has 0 bridgehead atoms. The summed E-state index contributed by atoms with van der Waals surface area (Å²) in [7, 11) is 0. The van der Waals surface area contributed by atoms with Gasteiger partial charge in [0.2, 0.25) is 0 Å². The molecule has 1 aromatic carbocycles. The Balaban J connectivity index is 1.81. The second-order valence-electron chi connectivity index (χ2n) is 5.61. The largest absolute Gasteiger partial charge is 0.385 e. The summed E-state index contributed by atoms with van der Waals surface area (Å²) in [5.74, 6) is -0.0408. The molecule has 0 atom stereocenters. The van der Waals surface area contributed by atoms with Crippen molar-refractivity contribution in [2.24, 2.45) is 0 Å². The minimum Gasteiger partial charge on any atom is -0.385 e.